The summed E-state index contributed by atoms with van der Waals surface area (Å²) in [7, 11) is 0. The Morgan fingerprint density at radius 2 is 1.80 bits per heavy atom. The average Bonchev–Trinajstić information content (AvgIpc) is 2.67. The van der Waals surface area contributed by atoms with Gasteiger partial charge < -0.3 is 15.1 Å². The molecule has 2 aromatic rings. The van der Waals surface area contributed by atoms with Crippen LogP contribution in [0.4, 0.5) is 11.4 Å². The Labute approximate surface area is 149 Å². The molecule has 0 saturated carbocycles. The van der Waals surface area contributed by atoms with Crippen LogP contribution in [0.2, 0.25) is 0 Å². The van der Waals surface area contributed by atoms with Gasteiger partial charge in [0, 0.05) is 49.7 Å². The monoisotopic (exact) mass is 335 g/mol. The molecule has 0 spiro atoms. The average molecular weight is 335 g/mol. The predicted molar refractivity (Wildman–Crippen MR) is 103 cm³/mol. The number of nitrogens with zero attached hydrogens (tertiary/aromatic N) is 2. The molecule has 4 nitrogen and oxygen atoms in total. The van der Waals surface area contributed by atoms with Gasteiger partial charge in [0.15, 0.2) is 0 Å². The molecule has 0 atom stereocenters. The molecule has 1 amide bonds. The topological polar surface area (TPSA) is 35.6 Å². The number of piperazine rings is 1. The van der Waals surface area contributed by atoms with Crippen LogP contribution in [0.5, 0.6) is 0 Å². The number of para-hydroxylation sites is 1. The lowest BCUT2D eigenvalue weighted by atomic mass is 9.96. The number of carbonyl (C=O) groups excluding carboxylic acids is 1. The van der Waals surface area contributed by atoms with E-state index in [9.17, 15) is 4.79 Å². The van der Waals surface area contributed by atoms with Crippen LogP contribution in [0.15, 0.2) is 42.5 Å². The zero-order chi connectivity index (χ0) is 17.2. The van der Waals surface area contributed by atoms with E-state index in [1.165, 1.54) is 16.8 Å². The van der Waals surface area contributed by atoms with Gasteiger partial charge in [-0.2, -0.15) is 0 Å². The van der Waals surface area contributed by atoms with Crippen molar-refractivity contribution < 1.29 is 4.79 Å². The highest BCUT2D eigenvalue weighted by Crippen LogP contribution is 2.27. The molecule has 2 heterocycles. The van der Waals surface area contributed by atoms with Crippen LogP contribution in [-0.2, 0) is 6.42 Å². The van der Waals surface area contributed by atoms with Gasteiger partial charge in [-0.05, 0) is 49.1 Å². The van der Waals surface area contributed by atoms with Crippen molar-refractivity contribution in [3.8, 4) is 0 Å². The Bertz CT molecular complexity index is 778. The van der Waals surface area contributed by atoms with Crippen LogP contribution in [0, 0.1) is 6.92 Å². The molecule has 25 heavy (non-hydrogen) atoms. The number of fused-ring (bicyclic) bond motifs is 1. The normalized spacial score (nSPS) is 17.0. The Morgan fingerprint density at radius 3 is 2.60 bits per heavy atom. The molecule has 4 rings (SSSR count). The minimum atomic E-state index is 0.185. The van der Waals surface area contributed by atoms with Gasteiger partial charge in [-0.1, -0.05) is 24.3 Å². The molecule has 0 bridgehead atoms. The van der Waals surface area contributed by atoms with Crippen molar-refractivity contribution >= 4 is 17.3 Å². The maximum absolute atomic E-state index is 13.1. The maximum Gasteiger partial charge on any atom is 0.254 e. The minimum Gasteiger partial charge on any atom is -0.385 e. The largest absolute Gasteiger partial charge is 0.385 e. The maximum atomic E-state index is 13.1. The molecule has 130 valence electrons. The van der Waals surface area contributed by atoms with Crippen molar-refractivity contribution in [1.29, 1.82) is 0 Å². The molecule has 0 unspecified atom stereocenters. The van der Waals surface area contributed by atoms with E-state index >= 15 is 0 Å². The van der Waals surface area contributed by atoms with Crippen LogP contribution in [0.25, 0.3) is 0 Å². The number of carbonyl (C=O) groups is 1. The summed E-state index contributed by atoms with van der Waals surface area (Å²) in [5, 5.41) is 3.42. The van der Waals surface area contributed by atoms with Gasteiger partial charge in [-0.15, -0.1) is 0 Å². The van der Waals surface area contributed by atoms with E-state index in [0.717, 1.165) is 56.8 Å². The number of anilines is 2. The van der Waals surface area contributed by atoms with Gasteiger partial charge in [0.25, 0.3) is 5.91 Å². The van der Waals surface area contributed by atoms with Crippen molar-refractivity contribution in [2.45, 2.75) is 19.8 Å². The summed E-state index contributed by atoms with van der Waals surface area (Å²) in [5.41, 5.74) is 5.80. The Hall–Kier alpha value is -2.49. The van der Waals surface area contributed by atoms with E-state index in [2.05, 4.69) is 47.5 Å². The van der Waals surface area contributed by atoms with Gasteiger partial charge in [-0.3, -0.25) is 4.79 Å². The second-order valence-corrected chi connectivity index (χ2v) is 6.93. The van der Waals surface area contributed by atoms with Crippen molar-refractivity contribution in [3.63, 3.8) is 0 Å². The van der Waals surface area contributed by atoms with Gasteiger partial charge in [0.1, 0.15) is 0 Å². The van der Waals surface area contributed by atoms with Crippen molar-refractivity contribution in [3.05, 3.63) is 59.2 Å². The van der Waals surface area contributed by atoms with Crippen LogP contribution in [-0.4, -0.2) is 43.5 Å². The standard InChI is InChI=1S/C21H25N3O/c1-16-6-2-3-10-20(16)23-12-14-24(15-13-23)21(25)18-7-4-9-19-17(18)8-5-11-22-19/h2-4,6-7,9-10,22H,5,8,11-15H2,1H3. The molecule has 2 aliphatic heterocycles. The third kappa shape index (κ3) is 3.09. The number of hydrogen-bond acceptors (Lipinski definition) is 3. The highest BCUT2D eigenvalue weighted by molar-refractivity contribution is 5.97. The number of benzene rings is 2. The third-order valence-electron chi connectivity index (χ3n) is 5.35. The number of nitrogens with one attached hydrogen (secondary N) is 1. The fourth-order valence-corrected chi connectivity index (χ4v) is 3.95. The molecule has 1 N–H and O–H groups in total. The second-order valence-electron chi connectivity index (χ2n) is 6.93. The summed E-state index contributed by atoms with van der Waals surface area (Å²) >= 11 is 0. The number of aryl methyl sites for hydroxylation is 1. The summed E-state index contributed by atoms with van der Waals surface area (Å²) in [5.74, 6) is 0.185. The molecule has 0 radical (unpaired) electrons. The number of hydrogen-bond donors (Lipinski definition) is 1. The molecular weight excluding hydrogens is 310 g/mol. The molecule has 1 saturated heterocycles. The van der Waals surface area contributed by atoms with Crippen molar-refractivity contribution in [1.82, 2.24) is 4.90 Å². The number of amides is 1. The zero-order valence-corrected chi connectivity index (χ0v) is 14.8. The summed E-state index contributed by atoms with van der Waals surface area (Å²) in [6.45, 7) is 6.50. The summed E-state index contributed by atoms with van der Waals surface area (Å²) in [6.07, 6.45) is 2.09. The Morgan fingerprint density at radius 1 is 1.00 bits per heavy atom. The first kappa shape index (κ1) is 16.0. The predicted octanol–water partition coefficient (Wildman–Crippen LogP) is 3.32. The first-order chi connectivity index (χ1) is 12.2. The Kier molecular flexibility index (Phi) is 4.35. The lowest BCUT2D eigenvalue weighted by Gasteiger charge is -2.37. The van der Waals surface area contributed by atoms with Gasteiger partial charge in [-0.25, -0.2) is 0 Å². The lowest BCUT2D eigenvalue weighted by molar-refractivity contribution is 0.0745. The van der Waals surface area contributed by atoms with E-state index in [-0.39, 0.29) is 5.91 Å². The van der Waals surface area contributed by atoms with E-state index < -0.39 is 0 Å². The number of rotatable bonds is 2. The van der Waals surface area contributed by atoms with Gasteiger partial charge >= 0.3 is 0 Å². The molecular formula is C21H25N3O. The molecule has 2 aromatic carbocycles. The Balaban J connectivity index is 1.48. The van der Waals surface area contributed by atoms with Gasteiger partial charge in [0.2, 0.25) is 0 Å². The molecule has 0 aliphatic carbocycles. The van der Waals surface area contributed by atoms with Crippen LogP contribution < -0.4 is 10.2 Å². The fourth-order valence-electron chi connectivity index (χ4n) is 3.95. The highest BCUT2D eigenvalue weighted by atomic mass is 16.2. The SMILES string of the molecule is Cc1ccccc1N1CCN(C(=O)c2cccc3c2CCCN3)CC1. The van der Waals surface area contributed by atoms with E-state index in [0.29, 0.717) is 0 Å². The van der Waals surface area contributed by atoms with Crippen molar-refractivity contribution in [2.75, 3.05) is 42.9 Å². The van der Waals surface area contributed by atoms with Crippen LogP contribution >= 0.6 is 0 Å². The third-order valence-corrected chi connectivity index (χ3v) is 5.35. The summed E-state index contributed by atoms with van der Waals surface area (Å²) in [4.78, 5) is 17.5. The summed E-state index contributed by atoms with van der Waals surface area (Å²) < 4.78 is 0. The van der Waals surface area contributed by atoms with E-state index in [1.54, 1.807) is 0 Å². The quantitative estimate of drug-likeness (QED) is 0.914. The van der Waals surface area contributed by atoms with E-state index in [1.807, 2.05) is 17.0 Å². The first-order valence-corrected chi connectivity index (χ1v) is 9.19. The molecule has 2 aliphatic rings. The summed E-state index contributed by atoms with van der Waals surface area (Å²) in [6, 6.07) is 14.5. The van der Waals surface area contributed by atoms with Crippen LogP contribution in [0.1, 0.15) is 27.9 Å². The van der Waals surface area contributed by atoms with Crippen molar-refractivity contribution in [2.24, 2.45) is 0 Å². The highest BCUT2D eigenvalue weighted by Gasteiger charge is 2.25. The van der Waals surface area contributed by atoms with Gasteiger partial charge in [0.05, 0.1) is 0 Å². The minimum absolute atomic E-state index is 0.185. The smallest absolute Gasteiger partial charge is 0.254 e. The first-order valence-electron chi connectivity index (χ1n) is 9.19. The fraction of sp³-hybridized carbons (Fsp3) is 0.381. The lowest BCUT2D eigenvalue weighted by Crippen LogP contribution is -2.49. The van der Waals surface area contributed by atoms with Crippen LogP contribution in [0.3, 0.4) is 0 Å². The molecule has 4 heteroatoms. The second kappa shape index (κ2) is 6.79. The molecule has 0 aromatic heterocycles. The van der Waals surface area contributed by atoms with E-state index in [4.69, 9.17) is 0 Å². The zero-order valence-electron chi connectivity index (χ0n) is 14.8. The molecule has 1 fully saturated rings.